The Labute approximate surface area is 124 Å². The van der Waals surface area contributed by atoms with Crippen LogP contribution in [0, 0.1) is 0 Å². The molecule has 1 aromatic carbocycles. The van der Waals surface area contributed by atoms with Gasteiger partial charge in [0.25, 0.3) is 0 Å². The van der Waals surface area contributed by atoms with Crippen LogP contribution in [-0.2, 0) is 12.8 Å². The minimum absolute atomic E-state index is 0.152. The molecular formula is C15H13ClF3NO. The lowest BCUT2D eigenvalue weighted by molar-refractivity contribution is -0.153. The van der Waals surface area contributed by atoms with Crippen molar-refractivity contribution in [2.45, 2.75) is 31.9 Å². The second-order valence-corrected chi connectivity index (χ2v) is 5.52. The number of halogens is 4. The molecule has 6 heteroatoms. The number of hydrogen-bond acceptors (Lipinski definition) is 2. The van der Waals surface area contributed by atoms with E-state index in [2.05, 4.69) is 4.98 Å². The van der Waals surface area contributed by atoms with Crippen molar-refractivity contribution in [2.75, 3.05) is 6.61 Å². The number of pyridine rings is 1. The molecule has 0 N–H and O–H groups in total. The third-order valence-electron chi connectivity index (χ3n) is 3.57. The van der Waals surface area contributed by atoms with Crippen molar-refractivity contribution < 1.29 is 17.9 Å². The van der Waals surface area contributed by atoms with E-state index in [0.717, 1.165) is 36.9 Å². The number of hydrogen-bond donors (Lipinski definition) is 0. The molecule has 0 unspecified atom stereocenters. The normalized spacial score (nSPS) is 15.0. The van der Waals surface area contributed by atoms with Gasteiger partial charge in [0.1, 0.15) is 5.75 Å². The lowest BCUT2D eigenvalue weighted by atomic mass is 9.94. The van der Waals surface area contributed by atoms with Crippen LogP contribution in [-0.4, -0.2) is 17.8 Å². The van der Waals surface area contributed by atoms with Gasteiger partial charge in [-0.1, -0.05) is 11.6 Å². The number of aryl methyl sites for hydroxylation is 1. The Kier molecular flexibility index (Phi) is 3.69. The molecule has 0 aliphatic heterocycles. The molecule has 1 aliphatic carbocycles. The molecule has 0 radical (unpaired) electrons. The minimum Gasteiger partial charge on any atom is -0.484 e. The van der Waals surface area contributed by atoms with Gasteiger partial charge in [0.15, 0.2) is 6.61 Å². The topological polar surface area (TPSA) is 22.1 Å². The molecule has 1 aliphatic rings. The second-order valence-electron chi connectivity index (χ2n) is 5.14. The number of aromatic nitrogens is 1. The van der Waals surface area contributed by atoms with Crippen molar-refractivity contribution in [1.29, 1.82) is 0 Å². The third-order valence-corrected chi connectivity index (χ3v) is 4.00. The van der Waals surface area contributed by atoms with Gasteiger partial charge in [0, 0.05) is 11.1 Å². The van der Waals surface area contributed by atoms with Gasteiger partial charge in [-0.05, 0) is 49.4 Å². The third kappa shape index (κ3) is 3.07. The predicted octanol–water partition coefficient (Wildman–Crippen LogP) is 4.71. The number of nitrogens with zero attached hydrogens (tertiary/aromatic N) is 1. The zero-order valence-electron chi connectivity index (χ0n) is 11.1. The van der Waals surface area contributed by atoms with Crippen LogP contribution < -0.4 is 4.74 Å². The summed E-state index contributed by atoms with van der Waals surface area (Å²) in [5, 5.41) is 1.24. The standard InChI is InChI=1S/C15H13ClF3NO/c16-14-10-3-1-2-4-12(10)20-13-6-5-9(7-11(13)14)21-8-15(17,18)19/h5-7H,1-4,8H2. The van der Waals surface area contributed by atoms with Gasteiger partial charge < -0.3 is 4.74 Å². The Balaban J connectivity index is 1.99. The molecule has 0 bridgehead atoms. The van der Waals surface area contributed by atoms with Gasteiger partial charge in [-0.3, -0.25) is 4.98 Å². The molecule has 0 fully saturated rings. The fourth-order valence-electron chi connectivity index (χ4n) is 2.60. The number of benzene rings is 1. The zero-order valence-corrected chi connectivity index (χ0v) is 11.9. The number of ether oxygens (including phenoxy) is 1. The first-order valence-corrected chi connectivity index (χ1v) is 7.12. The van der Waals surface area contributed by atoms with Crippen molar-refractivity contribution in [1.82, 2.24) is 4.98 Å². The number of alkyl halides is 3. The van der Waals surface area contributed by atoms with Crippen molar-refractivity contribution >= 4 is 22.5 Å². The quantitative estimate of drug-likeness (QED) is 0.801. The van der Waals surface area contributed by atoms with E-state index in [1.165, 1.54) is 12.1 Å². The summed E-state index contributed by atoms with van der Waals surface area (Å²) in [6, 6.07) is 4.68. The maximum atomic E-state index is 12.2. The van der Waals surface area contributed by atoms with Gasteiger partial charge in [0.05, 0.1) is 10.5 Å². The average molecular weight is 316 g/mol. The summed E-state index contributed by atoms with van der Waals surface area (Å²) < 4.78 is 41.4. The van der Waals surface area contributed by atoms with Crippen molar-refractivity contribution in [3.8, 4) is 5.75 Å². The van der Waals surface area contributed by atoms with Crippen LogP contribution in [0.25, 0.3) is 10.9 Å². The van der Waals surface area contributed by atoms with Crippen molar-refractivity contribution in [2.24, 2.45) is 0 Å². The van der Waals surface area contributed by atoms with Gasteiger partial charge in [-0.15, -0.1) is 0 Å². The molecule has 0 saturated carbocycles. The van der Waals surface area contributed by atoms with Crippen LogP contribution in [0.1, 0.15) is 24.1 Å². The Morgan fingerprint density at radius 1 is 1.19 bits per heavy atom. The molecule has 0 spiro atoms. The molecule has 2 nitrogen and oxygen atoms in total. The predicted molar refractivity (Wildman–Crippen MR) is 74.9 cm³/mol. The average Bonchev–Trinajstić information content (AvgIpc) is 2.45. The lowest BCUT2D eigenvalue weighted by Gasteiger charge is -2.18. The van der Waals surface area contributed by atoms with Gasteiger partial charge in [-0.2, -0.15) is 13.2 Å². The van der Waals surface area contributed by atoms with E-state index in [1.807, 2.05) is 0 Å². The van der Waals surface area contributed by atoms with Crippen molar-refractivity contribution in [3.05, 3.63) is 34.5 Å². The van der Waals surface area contributed by atoms with E-state index >= 15 is 0 Å². The molecule has 0 amide bonds. The summed E-state index contributed by atoms with van der Waals surface area (Å²) in [7, 11) is 0. The van der Waals surface area contributed by atoms with Gasteiger partial charge in [-0.25, -0.2) is 0 Å². The number of rotatable bonds is 2. The SMILES string of the molecule is FC(F)(F)COc1ccc2nc3c(c(Cl)c2c1)CCCC3. The molecular weight excluding hydrogens is 303 g/mol. The molecule has 0 saturated heterocycles. The van der Waals surface area contributed by atoms with Gasteiger partial charge >= 0.3 is 6.18 Å². The van der Waals surface area contributed by atoms with E-state index < -0.39 is 12.8 Å². The van der Waals surface area contributed by atoms with E-state index in [0.29, 0.717) is 15.9 Å². The van der Waals surface area contributed by atoms with Crippen LogP contribution in [0.4, 0.5) is 13.2 Å². The first-order valence-electron chi connectivity index (χ1n) is 6.74. The van der Waals surface area contributed by atoms with E-state index in [1.54, 1.807) is 6.07 Å². The summed E-state index contributed by atoms with van der Waals surface area (Å²) >= 11 is 6.40. The van der Waals surface area contributed by atoms with E-state index in [4.69, 9.17) is 16.3 Å². The molecule has 2 aromatic rings. The van der Waals surface area contributed by atoms with Crippen LogP contribution in [0.3, 0.4) is 0 Å². The number of fused-ring (bicyclic) bond motifs is 2. The highest BCUT2D eigenvalue weighted by atomic mass is 35.5. The molecule has 0 atom stereocenters. The first-order chi connectivity index (χ1) is 9.94. The lowest BCUT2D eigenvalue weighted by Crippen LogP contribution is -2.19. The summed E-state index contributed by atoms with van der Waals surface area (Å²) in [6.45, 7) is -1.31. The zero-order chi connectivity index (χ0) is 15.0. The fraction of sp³-hybridized carbons (Fsp3) is 0.400. The summed E-state index contributed by atoms with van der Waals surface area (Å²) in [4.78, 5) is 4.56. The van der Waals surface area contributed by atoms with E-state index in [-0.39, 0.29) is 5.75 Å². The summed E-state index contributed by atoms with van der Waals surface area (Å²) in [5.41, 5.74) is 2.71. The van der Waals surface area contributed by atoms with E-state index in [9.17, 15) is 13.2 Å². The molecule has 1 heterocycles. The molecule has 1 aromatic heterocycles. The molecule has 3 rings (SSSR count). The maximum Gasteiger partial charge on any atom is 0.422 e. The molecule has 21 heavy (non-hydrogen) atoms. The Hall–Kier alpha value is -1.49. The smallest absolute Gasteiger partial charge is 0.422 e. The van der Waals surface area contributed by atoms with Crippen molar-refractivity contribution in [3.63, 3.8) is 0 Å². The van der Waals surface area contributed by atoms with Crippen LogP contribution in [0.2, 0.25) is 5.02 Å². The first kappa shape index (κ1) is 14.4. The Bertz CT molecular complexity index is 685. The second kappa shape index (κ2) is 5.37. The largest absolute Gasteiger partial charge is 0.484 e. The fourth-order valence-corrected chi connectivity index (χ4v) is 2.96. The summed E-state index contributed by atoms with van der Waals surface area (Å²) in [5.74, 6) is 0.152. The highest BCUT2D eigenvalue weighted by molar-refractivity contribution is 6.36. The van der Waals surface area contributed by atoms with Crippen LogP contribution in [0.15, 0.2) is 18.2 Å². The van der Waals surface area contributed by atoms with Crippen LogP contribution in [0.5, 0.6) is 5.75 Å². The van der Waals surface area contributed by atoms with Gasteiger partial charge in [0.2, 0.25) is 0 Å². The Morgan fingerprint density at radius 2 is 1.95 bits per heavy atom. The minimum atomic E-state index is -4.35. The molecule has 112 valence electrons. The monoisotopic (exact) mass is 315 g/mol. The van der Waals surface area contributed by atoms with Crippen LogP contribution >= 0.6 is 11.6 Å². The Morgan fingerprint density at radius 3 is 2.71 bits per heavy atom. The highest BCUT2D eigenvalue weighted by Crippen LogP contribution is 2.34. The highest BCUT2D eigenvalue weighted by Gasteiger charge is 2.28. The summed E-state index contributed by atoms with van der Waals surface area (Å²) in [6.07, 6.45) is -0.437. The maximum absolute atomic E-state index is 12.2.